The summed E-state index contributed by atoms with van der Waals surface area (Å²) < 4.78 is 18.5. The van der Waals surface area contributed by atoms with E-state index in [9.17, 15) is 14.3 Å². The molecule has 0 atom stereocenters. The molecule has 7 nitrogen and oxygen atoms in total. The first-order valence-electron chi connectivity index (χ1n) is 6.63. The monoisotopic (exact) mass is 314 g/mol. The summed E-state index contributed by atoms with van der Waals surface area (Å²) >= 11 is 0. The molecule has 0 spiro atoms. The summed E-state index contributed by atoms with van der Waals surface area (Å²) in [6.07, 6.45) is 2.59. The van der Waals surface area contributed by atoms with E-state index in [2.05, 4.69) is 20.6 Å². The zero-order valence-corrected chi connectivity index (χ0v) is 11.7. The highest BCUT2D eigenvalue weighted by molar-refractivity contribution is 6.08. The van der Waals surface area contributed by atoms with Gasteiger partial charge in [0.1, 0.15) is 11.6 Å². The maximum absolute atomic E-state index is 13.2. The minimum atomic E-state index is -0.479. The van der Waals surface area contributed by atoms with E-state index < -0.39 is 11.5 Å². The lowest BCUT2D eigenvalue weighted by Gasteiger charge is -2.01. The Kier molecular flexibility index (Phi) is 3.96. The van der Waals surface area contributed by atoms with E-state index in [1.165, 1.54) is 24.5 Å². The Morgan fingerprint density at radius 2 is 2.26 bits per heavy atom. The van der Waals surface area contributed by atoms with E-state index in [0.29, 0.717) is 11.3 Å². The molecular formula is C15H11FN4O3. The molecule has 3 rings (SSSR count). The molecule has 0 bridgehead atoms. The van der Waals surface area contributed by atoms with Crippen molar-refractivity contribution >= 4 is 11.5 Å². The third-order valence-corrected chi connectivity index (χ3v) is 3.11. The molecule has 0 aliphatic heterocycles. The van der Waals surface area contributed by atoms with Crippen LogP contribution < -0.4 is 0 Å². The smallest absolute Gasteiger partial charge is 0.239 e. The van der Waals surface area contributed by atoms with Crippen LogP contribution in [0.25, 0.3) is 5.76 Å². The average Bonchev–Trinajstić information content (AvgIpc) is 3.18. The third kappa shape index (κ3) is 3.31. The Bertz CT molecular complexity index is 855. The number of rotatable bonds is 5. The van der Waals surface area contributed by atoms with Crippen LogP contribution in [-0.2, 0) is 6.42 Å². The van der Waals surface area contributed by atoms with Gasteiger partial charge < -0.3 is 9.52 Å². The zero-order valence-electron chi connectivity index (χ0n) is 11.7. The van der Waals surface area contributed by atoms with E-state index in [0.717, 1.165) is 6.08 Å². The summed E-state index contributed by atoms with van der Waals surface area (Å²) in [5, 5.41) is 22.4. The third-order valence-electron chi connectivity index (χ3n) is 3.11. The number of halogens is 1. The molecule has 116 valence electrons. The lowest BCUT2D eigenvalue weighted by Crippen LogP contribution is -2.01. The van der Waals surface area contributed by atoms with E-state index in [-0.39, 0.29) is 23.6 Å². The molecule has 0 amide bonds. The van der Waals surface area contributed by atoms with Crippen molar-refractivity contribution in [2.24, 2.45) is 0 Å². The van der Waals surface area contributed by atoms with Crippen LogP contribution in [0.15, 0.2) is 47.1 Å². The van der Waals surface area contributed by atoms with Crippen molar-refractivity contribution < 1.29 is 18.7 Å². The number of nitrogens with zero attached hydrogens (tertiary/aromatic N) is 3. The lowest BCUT2D eigenvalue weighted by molar-refractivity contribution is 0.104. The number of ketones is 1. The number of hydrogen-bond donors (Lipinski definition) is 2. The van der Waals surface area contributed by atoms with Crippen molar-refractivity contribution in [3.8, 4) is 0 Å². The van der Waals surface area contributed by atoms with Crippen LogP contribution in [0.1, 0.15) is 27.5 Å². The fourth-order valence-electron chi connectivity index (χ4n) is 2.07. The van der Waals surface area contributed by atoms with Crippen molar-refractivity contribution in [3.05, 3.63) is 71.2 Å². The lowest BCUT2D eigenvalue weighted by atomic mass is 10.0. The second kappa shape index (κ2) is 6.22. The first-order valence-corrected chi connectivity index (χ1v) is 6.63. The molecule has 0 aliphatic rings. The molecule has 0 fully saturated rings. The van der Waals surface area contributed by atoms with Gasteiger partial charge >= 0.3 is 0 Å². The van der Waals surface area contributed by atoms with Gasteiger partial charge in [0.25, 0.3) is 0 Å². The number of benzene rings is 1. The number of aromatic nitrogens is 4. The second-order valence-electron chi connectivity index (χ2n) is 4.69. The van der Waals surface area contributed by atoms with Gasteiger partial charge in [-0.3, -0.25) is 4.79 Å². The Hall–Kier alpha value is -3.29. The van der Waals surface area contributed by atoms with Crippen LogP contribution in [0, 0.1) is 5.82 Å². The number of allylic oxidation sites excluding steroid dienone is 1. The number of carbonyl (C=O) groups is 1. The quantitative estimate of drug-likeness (QED) is 0.425. The van der Waals surface area contributed by atoms with Gasteiger partial charge in [-0.15, -0.1) is 10.2 Å². The molecule has 3 aromatic rings. The summed E-state index contributed by atoms with van der Waals surface area (Å²) in [6.45, 7) is 0. The highest BCUT2D eigenvalue weighted by atomic mass is 19.1. The van der Waals surface area contributed by atoms with Crippen molar-refractivity contribution in [2.45, 2.75) is 6.42 Å². The standard InChI is InChI=1S/C15H11FN4O3/c16-10-3-1-2-9(6-10)7-14-11(4-5-23-14)12(21)8-13(22)15-17-19-20-18-15/h1-6,8,22H,7H2,(H,17,18,19,20). The summed E-state index contributed by atoms with van der Waals surface area (Å²) in [6, 6.07) is 7.49. The van der Waals surface area contributed by atoms with Gasteiger partial charge in [0.2, 0.25) is 5.82 Å². The van der Waals surface area contributed by atoms with E-state index in [4.69, 9.17) is 4.42 Å². The van der Waals surface area contributed by atoms with Crippen LogP contribution >= 0.6 is 0 Å². The fourth-order valence-corrected chi connectivity index (χ4v) is 2.07. The Balaban J connectivity index is 1.83. The number of furan rings is 1. The molecule has 0 saturated carbocycles. The molecule has 1 aromatic carbocycles. The van der Waals surface area contributed by atoms with Crippen molar-refractivity contribution in [1.82, 2.24) is 20.6 Å². The number of H-pyrrole nitrogens is 1. The predicted octanol–water partition coefficient (Wildman–Crippen LogP) is 2.30. The first-order chi connectivity index (χ1) is 11.1. The van der Waals surface area contributed by atoms with Gasteiger partial charge in [-0.25, -0.2) is 4.39 Å². The maximum atomic E-state index is 13.2. The molecular weight excluding hydrogens is 303 g/mol. The zero-order chi connectivity index (χ0) is 16.2. The highest BCUT2D eigenvalue weighted by Gasteiger charge is 2.16. The molecule has 0 radical (unpaired) electrons. The van der Waals surface area contributed by atoms with Gasteiger partial charge in [0.05, 0.1) is 11.8 Å². The molecule has 8 heteroatoms. The van der Waals surface area contributed by atoms with Gasteiger partial charge in [-0.05, 0) is 29.0 Å². The molecule has 0 unspecified atom stereocenters. The molecule has 0 saturated heterocycles. The van der Waals surface area contributed by atoms with Crippen molar-refractivity contribution in [1.29, 1.82) is 0 Å². The predicted molar refractivity (Wildman–Crippen MR) is 77.0 cm³/mol. The molecule has 23 heavy (non-hydrogen) atoms. The Morgan fingerprint density at radius 1 is 1.39 bits per heavy atom. The Morgan fingerprint density at radius 3 is 3.00 bits per heavy atom. The number of nitrogens with one attached hydrogen (secondary N) is 1. The summed E-state index contributed by atoms with van der Waals surface area (Å²) in [4.78, 5) is 12.2. The number of tetrazole rings is 1. The number of aliphatic hydroxyl groups excluding tert-OH is 1. The minimum absolute atomic E-state index is 0.0893. The van der Waals surface area contributed by atoms with E-state index >= 15 is 0 Å². The molecule has 2 N–H and O–H groups in total. The average molecular weight is 314 g/mol. The number of aromatic amines is 1. The van der Waals surface area contributed by atoms with E-state index in [1.807, 2.05) is 0 Å². The van der Waals surface area contributed by atoms with Crippen LogP contribution in [0.2, 0.25) is 0 Å². The number of hydrogen-bond acceptors (Lipinski definition) is 6. The maximum Gasteiger partial charge on any atom is 0.239 e. The number of carbonyl (C=O) groups excluding carboxylic acids is 1. The summed E-state index contributed by atoms with van der Waals surface area (Å²) in [5.41, 5.74) is 0.935. The SMILES string of the molecule is O=C(C=C(O)c1nn[nH]n1)c1ccoc1Cc1cccc(F)c1. The van der Waals surface area contributed by atoms with Crippen LogP contribution in [0.4, 0.5) is 4.39 Å². The van der Waals surface area contributed by atoms with Gasteiger partial charge in [-0.1, -0.05) is 12.1 Å². The van der Waals surface area contributed by atoms with Crippen LogP contribution in [0.5, 0.6) is 0 Å². The second-order valence-corrected chi connectivity index (χ2v) is 4.69. The molecule has 2 heterocycles. The normalized spacial score (nSPS) is 11.6. The first kappa shape index (κ1) is 14.6. The van der Waals surface area contributed by atoms with Crippen LogP contribution in [-0.4, -0.2) is 31.5 Å². The Labute approximate surface area is 129 Å². The molecule has 2 aromatic heterocycles. The largest absolute Gasteiger partial charge is 0.504 e. The topological polar surface area (TPSA) is 105 Å². The van der Waals surface area contributed by atoms with E-state index in [1.54, 1.807) is 12.1 Å². The van der Waals surface area contributed by atoms with Gasteiger partial charge in [0, 0.05) is 12.5 Å². The fraction of sp³-hybridized carbons (Fsp3) is 0.0667. The summed E-state index contributed by atoms with van der Waals surface area (Å²) in [5.74, 6) is -0.975. The van der Waals surface area contributed by atoms with Crippen molar-refractivity contribution in [3.63, 3.8) is 0 Å². The van der Waals surface area contributed by atoms with Gasteiger partial charge in [-0.2, -0.15) is 5.21 Å². The summed E-state index contributed by atoms with van der Waals surface area (Å²) in [7, 11) is 0. The van der Waals surface area contributed by atoms with Gasteiger partial charge in [0.15, 0.2) is 11.5 Å². The molecule has 0 aliphatic carbocycles. The number of aliphatic hydroxyl groups is 1. The highest BCUT2D eigenvalue weighted by Crippen LogP contribution is 2.18. The minimum Gasteiger partial charge on any atom is -0.504 e. The van der Waals surface area contributed by atoms with Crippen molar-refractivity contribution in [2.75, 3.05) is 0 Å². The van der Waals surface area contributed by atoms with Crippen LogP contribution in [0.3, 0.4) is 0 Å².